The van der Waals surface area contributed by atoms with Crippen molar-refractivity contribution in [3.05, 3.63) is 46.2 Å². The molecule has 0 radical (unpaired) electrons. The molecule has 0 aliphatic rings. The average molecular weight is 251 g/mol. The fraction of sp³-hybridized carbons (Fsp3) is 0.308. The minimum atomic E-state index is 0.145. The summed E-state index contributed by atoms with van der Waals surface area (Å²) in [5.41, 5.74) is 4.12. The van der Waals surface area contributed by atoms with Gasteiger partial charge in [-0.1, -0.05) is 11.6 Å². The van der Waals surface area contributed by atoms with Crippen LogP contribution in [0.3, 0.4) is 0 Å². The number of rotatable bonds is 3. The van der Waals surface area contributed by atoms with Gasteiger partial charge in [0.1, 0.15) is 0 Å². The van der Waals surface area contributed by atoms with Gasteiger partial charge in [-0.2, -0.15) is 5.10 Å². The van der Waals surface area contributed by atoms with E-state index in [0.717, 1.165) is 27.5 Å². The Balaban J connectivity index is 2.42. The van der Waals surface area contributed by atoms with Gasteiger partial charge in [-0.05, 0) is 49.6 Å². The maximum absolute atomic E-state index is 8.96. The minimum absolute atomic E-state index is 0.145. The summed E-state index contributed by atoms with van der Waals surface area (Å²) in [7, 11) is 0. The molecule has 0 amide bonds. The van der Waals surface area contributed by atoms with Crippen LogP contribution < -0.4 is 0 Å². The van der Waals surface area contributed by atoms with Crippen LogP contribution in [0.25, 0.3) is 5.69 Å². The Labute approximate surface area is 106 Å². The number of aliphatic hydroxyl groups excluding tert-OH is 1. The van der Waals surface area contributed by atoms with Crippen LogP contribution in [-0.4, -0.2) is 21.5 Å². The molecule has 1 aromatic heterocycles. The van der Waals surface area contributed by atoms with Crippen LogP contribution in [0.15, 0.2) is 24.4 Å². The first-order chi connectivity index (χ1) is 8.11. The van der Waals surface area contributed by atoms with Crippen LogP contribution in [-0.2, 0) is 6.42 Å². The van der Waals surface area contributed by atoms with Gasteiger partial charge in [0.15, 0.2) is 0 Å². The SMILES string of the molecule is Cc1cc(Cl)ccc1-n1cc(CCO)c(C)n1. The summed E-state index contributed by atoms with van der Waals surface area (Å²) < 4.78 is 1.84. The summed E-state index contributed by atoms with van der Waals surface area (Å²) in [6.07, 6.45) is 2.60. The lowest BCUT2D eigenvalue weighted by molar-refractivity contribution is 0.299. The molecule has 90 valence electrons. The van der Waals surface area contributed by atoms with E-state index in [2.05, 4.69) is 5.10 Å². The summed E-state index contributed by atoms with van der Waals surface area (Å²) >= 11 is 5.93. The third-order valence-corrected chi connectivity index (χ3v) is 3.02. The molecule has 1 aromatic carbocycles. The number of aryl methyl sites for hydroxylation is 2. The normalized spacial score (nSPS) is 10.8. The van der Waals surface area contributed by atoms with Crippen LogP contribution >= 0.6 is 11.6 Å². The zero-order chi connectivity index (χ0) is 12.4. The molecule has 2 rings (SSSR count). The molecule has 0 unspecified atom stereocenters. The van der Waals surface area contributed by atoms with Crippen LogP contribution in [0.5, 0.6) is 0 Å². The summed E-state index contributed by atoms with van der Waals surface area (Å²) in [5, 5.41) is 14.1. The van der Waals surface area contributed by atoms with E-state index in [1.807, 2.05) is 42.9 Å². The number of aromatic nitrogens is 2. The highest BCUT2D eigenvalue weighted by atomic mass is 35.5. The van der Waals surface area contributed by atoms with Crippen molar-refractivity contribution in [2.45, 2.75) is 20.3 Å². The molecule has 0 atom stereocenters. The fourth-order valence-corrected chi connectivity index (χ4v) is 2.09. The lowest BCUT2D eigenvalue weighted by Crippen LogP contribution is -1.97. The largest absolute Gasteiger partial charge is 0.396 e. The van der Waals surface area contributed by atoms with Crippen molar-refractivity contribution in [1.82, 2.24) is 9.78 Å². The van der Waals surface area contributed by atoms with E-state index < -0.39 is 0 Å². The molecular formula is C13H15ClN2O. The molecule has 0 spiro atoms. The molecule has 0 fully saturated rings. The maximum Gasteiger partial charge on any atom is 0.0675 e. The Kier molecular flexibility index (Phi) is 3.50. The van der Waals surface area contributed by atoms with Crippen LogP contribution in [0.2, 0.25) is 5.02 Å². The average Bonchev–Trinajstić information content (AvgIpc) is 2.60. The Morgan fingerprint density at radius 3 is 2.76 bits per heavy atom. The number of benzene rings is 1. The van der Waals surface area contributed by atoms with Crippen molar-refractivity contribution in [3.8, 4) is 5.69 Å². The van der Waals surface area contributed by atoms with Crippen molar-refractivity contribution >= 4 is 11.6 Å². The lowest BCUT2D eigenvalue weighted by Gasteiger charge is -2.05. The van der Waals surface area contributed by atoms with Crippen molar-refractivity contribution in [2.24, 2.45) is 0 Å². The van der Waals surface area contributed by atoms with E-state index in [-0.39, 0.29) is 6.61 Å². The molecule has 0 saturated carbocycles. The van der Waals surface area contributed by atoms with Crippen LogP contribution in [0.1, 0.15) is 16.8 Å². The molecular weight excluding hydrogens is 236 g/mol. The van der Waals surface area contributed by atoms with E-state index in [1.54, 1.807) is 0 Å². The summed E-state index contributed by atoms with van der Waals surface area (Å²) in [6, 6.07) is 5.72. The summed E-state index contributed by atoms with van der Waals surface area (Å²) in [6.45, 7) is 4.10. The first-order valence-electron chi connectivity index (χ1n) is 5.54. The maximum atomic E-state index is 8.96. The second kappa shape index (κ2) is 4.90. The number of nitrogens with zero attached hydrogens (tertiary/aromatic N) is 2. The third-order valence-electron chi connectivity index (χ3n) is 2.79. The van der Waals surface area contributed by atoms with Gasteiger partial charge >= 0.3 is 0 Å². The number of hydrogen-bond donors (Lipinski definition) is 1. The van der Waals surface area contributed by atoms with Gasteiger partial charge in [0.05, 0.1) is 11.4 Å². The summed E-state index contributed by atoms with van der Waals surface area (Å²) in [5.74, 6) is 0. The second-order valence-corrected chi connectivity index (χ2v) is 4.53. The second-order valence-electron chi connectivity index (χ2n) is 4.09. The van der Waals surface area contributed by atoms with Gasteiger partial charge in [0.2, 0.25) is 0 Å². The Morgan fingerprint density at radius 2 is 2.12 bits per heavy atom. The van der Waals surface area contributed by atoms with E-state index in [0.29, 0.717) is 6.42 Å². The molecule has 4 heteroatoms. The number of aliphatic hydroxyl groups is 1. The first-order valence-corrected chi connectivity index (χ1v) is 5.92. The molecule has 3 nitrogen and oxygen atoms in total. The molecule has 0 saturated heterocycles. The topological polar surface area (TPSA) is 38.0 Å². The lowest BCUT2D eigenvalue weighted by atomic mass is 10.2. The third kappa shape index (κ3) is 2.51. The van der Waals surface area contributed by atoms with Gasteiger partial charge < -0.3 is 5.11 Å². The molecule has 1 heterocycles. The van der Waals surface area contributed by atoms with Crippen molar-refractivity contribution in [1.29, 1.82) is 0 Å². The van der Waals surface area contributed by atoms with E-state index >= 15 is 0 Å². The Morgan fingerprint density at radius 1 is 1.35 bits per heavy atom. The standard InChI is InChI=1S/C13H15ClN2O/c1-9-7-12(14)3-4-13(9)16-8-11(5-6-17)10(2)15-16/h3-4,7-8,17H,5-6H2,1-2H3. The van der Waals surface area contributed by atoms with Crippen molar-refractivity contribution in [2.75, 3.05) is 6.61 Å². The molecule has 1 N–H and O–H groups in total. The Bertz CT molecular complexity index is 534. The molecule has 0 aliphatic carbocycles. The smallest absolute Gasteiger partial charge is 0.0675 e. The van der Waals surface area contributed by atoms with E-state index in [4.69, 9.17) is 16.7 Å². The fourth-order valence-electron chi connectivity index (χ4n) is 1.86. The van der Waals surface area contributed by atoms with Gasteiger partial charge in [0, 0.05) is 17.8 Å². The van der Waals surface area contributed by atoms with Gasteiger partial charge in [-0.25, -0.2) is 4.68 Å². The first kappa shape index (κ1) is 12.1. The van der Waals surface area contributed by atoms with E-state index in [9.17, 15) is 0 Å². The molecule has 17 heavy (non-hydrogen) atoms. The predicted molar refractivity (Wildman–Crippen MR) is 68.8 cm³/mol. The monoisotopic (exact) mass is 250 g/mol. The molecule has 0 aliphatic heterocycles. The van der Waals surface area contributed by atoms with Crippen molar-refractivity contribution in [3.63, 3.8) is 0 Å². The highest BCUT2D eigenvalue weighted by Crippen LogP contribution is 2.19. The highest BCUT2D eigenvalue weighted by Gasteiger charge is 2.07. The van der Waals surface area contributed by atoms with Gasteiger partial charge in [-0.3, -0.25) is 0 Å². The zero-order valence-corrected chi connectivity index (χ0v) is 10.7. The van der Waals surface area contributed by atoms with Crippen LogP contribution in [0.4, 0.5) is 0 Å². The summed E-state index contributed by atoms with van der Waals surface area (Å²) in [4.78, 5) is 0. The van der Waals surface area contributed by atoms with Gasteiger partial charge in [-0.15, -0.1) is 0 Å². The highest BCUT2D eigenvalue weighted by molar-refractivity contribution is 6.30. The number of halogens is 1. The Hall–Kier alpha value is -1.32. The van der Waals surface area contributed by atoms with Crippen molar-refractivity contribution < 1.29 is 5.11 Å². The van der Waals surface area contributed by atoms with Gasteiger partial charge in [0.25, 0.3) is 0 Å². The zero-order valence-electron chi connectivity index (χ0n) is 9.94. The van der Waals surface area contributed by atoms with E-state index in [1.165, 1.54) is 0 Å². The van der Waals surface area contributed by atoms with Crippen LogP contribution in [0, 0.1) is 13.8 Å². The quantitative estimate of drug-likeness (QED) is 0.910. The molecule has 2 aromatic rings. The number of hydrogen-bond acceptors (Lipinski definition) is 2. The predicted octanol–water partition coefficient (Wildman–Crippen LogP) is 2.68. The molecule has 0 bridgehead atoms. The minimum Gasteiger partial charge on any atom is -0.396 e.